The summed E-state index contributed by atoms with van der Waals surface area (Å²) in [6, 6.07) is 3.43. The van der Waals surface area contributed by atoms with Crippen LogP contribution in [0.1, 0.15) is 16.1 Å². The maximum absolute atomic E-state index is 12.9. The average molecular weight is 270 g/mol. The summed E-state index contributed by atoms with van der Waals surface area (Å²) in [5.74, 6) is -1.29. The van der Waals surface area contributed by atoms with Crippen molar-refractivity contribution >= 4 is 6.29 Å². The van der Waals surface area contributed by atoms with E-state index in [1.807, 2.05) is 0 Å². The number of aldehydes is 1. The van der Waals surface area contributed by atoms with Gasteiger partial charge in [0.25, 0.3) is 0 Å². The SMILES string of the molecule is O=Cc1ccnc(-c2ccc(F)cc2C(F)(F)F)n1. The van der Waals surface area contributed by atoms with Crippen LogP contribution in [0.2, 0.25) is 0 Å². The highest BCUT2D eigenvalue weighted by atomic mass is 19.4. The van der Waals surface area contributed by atoms with Crippen LogP contribution in [0.25, 0.3) is 11.4 Å². The van der Waals surface area contributed by atoms with Crippen LogP contribution in [0.4, 0.5) is 17.6 Å². The largest absolute Gasteiger partial charge is 0.417 e. The molecule has 1 aromatic heterocycles. The van der Waals surface area contributed by atoms with Gasteiger partial charge < -0.3 is 0 Å². The van der Waals surface area contributed by atoms with Crippen molar-refractivity contribution in [3.63, 3.8) is 0 Å². The molecule has 3 nitrogen and oxygen atoms in total. The van der Waals surface area contributed by atoms with Gasteiger partial charge in [-0.15, -0.1) is 0 Å². The lowest BCUT2D eigenvalue weighted by molar-refractivity contribution is -0.137. The van der Waals surface area contributed by atoms with E-state index in [1.54, 1.807) is 0 Å². The number of halogens is 4. The van der Waals surface area contributed by atoms with Gasteiger partial charge in [-0.2, -0.15) is 13.2 Å². The standard InChI is InChI=1S/C12H6F4N2O/c13-7-1-2-9(10(5-7)12(14,15)16)11-17-4-3-8(6-19)18-11/h1-6H. The average Bonchev–Trinajstić information content (AvgIpc) is 2.37. The van der Waals surface area contributed by atoms with E-state index in [0.29, 0.717) is 12.4 Å². The Balaban J connectivity index is 2.64. The molecular weight excluding hydrogens is 264 g/mol. The molecule has 0 aliphatic rings. The van der Waals surface area contributed by atoms with Crippen molar-refractivity contribution in [1.29, 1.82) is 0 Å². The fourth-order valence-electron chi connectivity index (χ4n) is 1.51. The number of aromatic nitrogens is 2. The van der Waals surface area contributed by atoms with Gasteiger partial charge in [-0.05, 0) is 24.3 Å². The molecule has 0 aliphatic carbocycles. The van der Waals surface area contributed by atoms with Crippen molar-refractivity contribution in [1.82, 2.24) is 9.97 Å². The summed E-state index contributed by atoms with van der Waals surface area (Å²) in [4.78, 5) is 17.9. The van der Waals surface area contributed by atoms with Crippen LogP contribution in [-0.4, -0.2) is 16.3 Å². The van der Waals surface area contributed by atoms with Crippen LogP contribution in [0, 0.1) is 5.82 Å². The van der Waals surface area contributed by atoms with E-state index in [9.17, 15) is 22.4 Å². The van der Waals surface area contributed by atoms with E-state index in [0.717, 1.165) is 18.3 Å². The second-order valence-electron chi connectivity index (χ2n) is 3.61. The third-order valence-corrected chi connectivity index (χ3v) is 2.33. The number of hydrogen-bond donors (Lipinski definition) is 0. The first kappa shape index (κ1) is 13.1. The van der Waals surface area contributed by atoms with Crippen LogP contribution in [-0.2, 0) is 6.18 Å². The summed E-state index contributed by atoms with van der Waals surface area (Å²) in [7, 11) is 0. The van der Waals surface area contributed by atoms with Crippen molar-refractivity contribution in [2.24, 2.45) is 0 Å². The third-order valence-electron chi connectivity index (χ3n) is 2.33. The maximum atomic E-state index is 12.9. The molecule has 0 aliphatic heterocycles. The molecule has 98 valence electrons. The molecule has 2 aromatic rings. The molecule has 1 aromatic carbocycles. The Labute approximate surface area is 104 Å². The molecule has 0 atom stereocenters. The molecular formula is C12H6F4N2O. The maximum Gasteiger partial charge on any atom is 0.417 e. The zero-order valence-electron chi connectivity index (χ0n) is 9.28. The number of hydrogen-bond acceptors (Lipinski definition) is 3. The molecule has 1 heterocycles. The fourth-order valence-corrected chi connectivity index (χ4v) is 1.51. The van der Waals surface area contributed by atoms with Gasteiger partial charge in [-0.25, -0.2) is 14.4 Å². The molecule has 0 bridgehead atoms. The Hall–Kier alpha value is -2.31. The number of benzene rings is 1. The highest BCUT2D eigenvalue weighted by molar-refractivity contribution is 5.73. The zero-order chi connectivity index (χ0) is 14.0. The lowest BCUT2D eigenvalue weighted by Crippen LogP contribution is -2.09. The second-order valence-corrected chi connectivity index (χ2v) is 3.61. The van der Waals surface area contributed by atoms with Crippen LogP contribution < -0.4 is 0 Å². The summed E-state index contributed by atoms with van der Waals surface area (Å²) in [5, 5.41) is 0. The molecule has 0 saturated carbocycles. The van der Waals surface area contributed by atoms with E-state index in [-0.39, 0.29) is 17.1 Å². The summed E-state index contributed by atoms with van der Waals surface area (Å²) < 4.78 is 51.4. The fraction of sp³-hybridized carbons (Fsp3) is 0.0833. The first-order valence-corrected chi connectivity index (χ1v) is 5.07. The van der Waals surface area contributed by atoms with Crippen molar-refractivity contribution in [2.75, 3.05) is 0 Å². The first-order chi connectivity index (χ1) is 8.91. The number of carbonyl (C=O) groups is 1. The lowest BCUT2D eigenvalue weighted by atomic mass is 10.1. The lowest BCUT2D eigenvalue weighted by Gasteiger charge is -2.11. The summed E-state index contributed by atoms with van der Waals surface area (Å²) in [6.07, 6.45) is -3.18. The van der Waals surface area contributed by atoms with Crippen molar-refractivity contribution < 1.29 is 22.4 Å². The minimum absolute atomic E-state index is 0.0533. The summed E-state index contributed by atoms with van der Waals surface area (Å²) >= 11 is 0. The van der Waals surface area contributed by atoms with Gasteiger partial charge in [-0.1, -0.05) is 0 Å². The molecule has 0 fully saturated rings. The van der Waals surface area contributed by atoms with E-state index in [4.69, 9.17) is 0 Å². The summed E-state index contributed by atoms with van der Waals surface area (Å²) in [5.41, 5.74) is -1.62. The number of nitrogens with zero attached hydrogens (tertiary/aromatic N) is 2. The molecule has 2 rings (SSSR count). The normalized spacial score (nSPS) is 11.4. The minimum Gasteiger partial charge on any atom is -0.296 e. The molecule has 0 N–H and O–H groups in total. The van der Waals surface area contributed by atoms with Gasteiger partial charge >= 0.3 is 6.18 Å². The Morgan fingerprint density at radius 1 is 1.16 bits per heavy atom. The van der Waals surface area contributed by atoms with Crippen LogP contribution >= 0.6 is 0 Å². The van der Waals surface area contributed by atoms with Crippen molar-refractivity contribution in [3.8, 4) is 11.4 Å². The number of rotatable bonds is 2. The van der Waals surface area contributed by atoms with Gasteiger partial charge in [0, 0.05) is 11.8 Å². The van der Waals surface area contributed by atoms with E-state index in [2.05, 4.69) is 9.97 Å². The zero-order valence-corrected chi connectivity index (χ0v) is 9.28. The highest BCUT2D eigenvalue weighted by Crippen LogP contribution is 2.36. The van der Waals surface area contributed by atoms with E-state index < -0.39 is 17.6 Å². The van der Waals surface area contributed by atoms with Gasteiger partial charge in [0.05, 0.1) is 5.56 Å². The van der Waals surface area contributed by atoms with Crippen LogP contribution in [0.3, 0.4) is 0 Å². The van der Waals surface area contributed by atoms with Crippen LogP contribution in [0.15, 0.2) is 30.5 Å². The van der Waals surface area contributed by atoms with E-state index >= 15 is 0 Å². The molecule has 0 radical (unpaired) electrons. The van der Waals surface area contributed by atoms with Crippen LogP contribution in [0.5, 0.6) is 0 Å². The van der Waals surface area contributed by atoms with Gasteiger partial charge in [0.1, 0.15) is 11.5 Å². The Morgan fingerprint density at radius 2 is 1.89 bits per heavy atom. The highest BCUT2D eigenvalue weighted by Gasteiger charge is 2.34. The predicted molar refractivity (Wildman–Crippen MR) is 57.8 cm³/mol. The third kappa shape index (κ3) is 2.75. The van der Waals surface area contributed by atoms with Crippen molar-refractivity contribution in [2.45, 2.75) is 6.18 Å². The monoisotopic (exact) mass is 270 g/mol. The first-order valence-electron chi connectivity index (χ1n) is 5.07. The second kappa shape index (κ2) is 4.75. The molecule has 19 heavy (non-hydrogen) atoms. The molecule has 0 amide bonds. The number of alkyl halides is 3. The molecule has 0 spiro atoms. The number of carbonyl (C=O) groups excluding carboxylic acids is 1. The molecule has 0 unspecified atom stereocenters. The van der Waals surface area contributed by atoms with Crippen molar-refractivity contribution in [3.05, 3.63) is 47.5 Å². The van der Waals surface area contributed by atoms with Gasteiger partial charge in [0.2, 0.25) is 0 Å². The quantitative estimate of drug-likeness (QED) is 0.622. The molecule has 7 heteroatoms. The van der Waals surface area contributed by atoms with E-state index in [1.165, 1.54) is 6.07 Å². The Morgan fingerprint density at radius 3 is 2.53 bits per heavy atom. The minimum atomic E-state index is -4.74. The predicted octanol–water partition coefficient (Wildman–Crippen LogP) is 3.11. The topological polar surface area (TPSA) is 42.9 Å². The smallest absolute Gasteiger partial charge is 0.296 e. The summed E-state index contributed by atoms with van der Waals surface area (Å²) in [6.45, 7) is 0. The Bertz CT molecular complexity index is 625. The molecule has 0 saturated heterocycles. The Kier molecular flexibility index (Phi) is 3.28. The van der Waals surface area contributed by atoms with Gasteiger partial charge in [0.15, 0.2) is 12.1 Å². The van der Waals surface area contributed by atoms with Gasteiger partial charge in [-0.3, -0.25) is 4.79 Å².